The van der Waals surface area contributed by atoms with E-state index < -0.39 is 0 Å². The van der Waals surface area contributed by atoms with Crippen LogP contribution in [0.25, 0.3) is 0 Å². The van der Waals surface area contributed by atoms with E-state index in [9.17, 15) is 4.79 Å². The zero-order valence-electron chi connectivity index (χ0n) is 15.2. The normalized spacial score (nSPS) is 16.3. The molecule has 0 spiro atoms. The summed E-state index contributed by atoms with van der Waals surface area (Å²) in [4.78, 5) is 16.0. The third-order valence-electron chi connectivity index (χ3n) is 4.93. The highest BCUT2D eigenvalue weighted by Crippen LogP contribution is 2.29. The number of aromatic nitrogens is 2. The van der Waals surface area contributed by atoms with Crippen LogP contribution in [-0.2, 0) is 17.8 Å². The van der Waals surface area contributed by atoms with Crippen LogP contribution in [0.2, 0.25) is 0 Å². The molecular weight excluding hydrogens is 340 g/mol. The van der Waals surface area contributed by atoms with E-state index in [1.165, 1.54) is 11.1 Å². The largest absolute Gasteiger partial charge is 0.376 e. The van der Waals surface area contributed by atoms with E-state index in [2.05, 4.69) is 45.9 Å². The van der Waals surface area contributed by atoms with E-state index in [1.807, 2.05) is 30.3 Å². The minimum Gasteiger partial charge on any atom is -0.376 e. The zero-order valence-corrected chi connectivity index (χ0v) is 15.2. The summed E-state index contributed by atoms with van der Waals surface area (Å²) in [5, 5.41) is 10.4. The number of aryl methyl sites for hydroxylation is 1. The lowest BCUT2D eigenvalue weighted by Gasteiger charge is -2.14. The van der Waals surface area contributed by atoms with Crippen LogP contribution >= 0.6 is 0 Å². The van der Waals surface area contributed by atoms with Gasteiger partial charge in [0, 0.05) is 31.0 Å². The maximum atomic E-state index is 11.5. The number of anilines is 1. The highest BCUT2D eigenvalue weighted by atomic mass is 16.5. The topological polar surface area (TPSA) is 80.0 Å². The van der Waals surface area contributed by atoms with Gasteiger partial charge >= 0.3 is 0 Å². The number of hydrogen-bond acceptors (Lipinski definition) is 5. The van der Waals surface area contributed by atoms with Crippen molar-refractivity contribution in [3.63, 3.8) is 0 Å². The monoisotopic (exact) mass is 362 g/mol. The van der Waals surface area contributed by atoms with E-state index in [4.69, 9.17) is 4.52 Å². The molecule has 2 aromatic carbocycles. The quantitative estimate of drug-likeness (QED) is 0.704. The smallest absolute Gasteiger partial charge is 0.245 e. The molecule has 138 valence electrons. The molecule has 1 aromatic heterocycles. The molecule has 1 aliphatic rings. The maximum Gasteiger partial charge on any atom is 0.245 e. The first-order valence-electron chi connectivity index (χ1n) is 9.14. The maximum absolute atomic E-state index is 11.5. The van der Waals surface area contributed by atoms with Crippen LogP contribution in [0.15, 0.2) is 53.1 Å². The number of carbonyl (C=O) groups is 1. The first kappa shape index (κ1) is 17.3. The predicted octanol–water partition coefficient (Wildman–Crippen LogP) is 3.18. The summed E-state index contributed by atoms with van der Waals surface area (Å²) in [6.45, 7) is 3.21. The molecule has 1 aliphatic heterocycles. The Hall–Kier alpha value is -3.15. The van der Waals surface area contributed by atoms with Gasteiger partial charge < -0.3 is 15.2 Å². The van der Waals surface area contributed by atoms with E-state index in [0.29, 0.717) is 37.6 Å². The van der Waals surface area contributed by atoms with Crippen molar-refractivity contribution >= 4 is 11.6 Å². The SMILES string of the molecule is Cc1ccccc1Cc1noc(CNc2ccccc2C2CNC(=O)C2)n1. The molecule has 1 atom stereocenters. The second-order valence-electron chi connectivity index (χ2n) is 6.85. The third kappa shape index (κ3) is 4.00. The third-order valence-corrected chi connectivity index (χ3v) is 4.93. The van der Waals surface area contributed by atoms with E-state index >= 15 is 0 Å². The van der Waals surface area contributed by atoms with Crippen molar-refractivity contribution in [1.82, 2.24) is 15.5 Å². The molecule has 2 heterocycles. The van der Waals surface area contributed by atoms with Gasteiger partial charge in [-0.25, -0.2) is 0 Å². The van der Waals surface area contributed by atoms with Crippen LogP contribution in [-0.4, -0.2) is 22.6 Å². The molecule has 27 heavy (non-hydrogen) atoms. The summed E-state index contributed by atoms with van der Waals surface area (Å²) in [6.07, 6.45) is 1.18. The molecule has 0 aliphatic carbocycles. The van der Waals surface area contributed by atoms with Crippen LogP contribution in [0.3, 0.4) is 0 Å². The second kappa shape index (κ2) is 7.61. The predicted molar refractivity (Wildman–Crippen MR) is 102 cm³/mol. The van der Waals surface area contributed by atoms with Crippen LogP contribution in [0.4, 0.5) is 5.69 Å². The fourth-order valence-corrected chi connectivity index (χ4v) is 3.42. The van der Waals surface area contributed by atoms with Gasteiger partial charge in [0.25, 0.3) is 0 Å². The summed E-state index contributed by atoms with van der Waals surface area (Å²) < 4.78 is 5.39. The molecule has 6 nitrogen and oxygen atoms in total. The van der Waals surface area contributed by atoms with Crippen LogP contribution in [0.5, 0.6) is 0 Å². The van der Waals surface area contributed by atoms with Gasteiger partial charge in [-0.05, 0) is 29.7 Å². The number of hydrogen-bond donors (Lipinski definition) is 2. The fourth-order valence-electron chi connectivity index (χ4n) is 3.42. The summed E-state index contributed by atoms with van der Waals surface area (Å²) in [5.74, 6) is 1.53. The Balaban J connectivity index is 1.42. The molecule has 0 bridgehead atoms. The van der Waals surface area contributed by atoms with E-state index in [1.54, 1.807) is 0 Å². The summed E-state index contributed by atoms with van der Waals surface area (Å²) in [6, 6.07) is 16.3. The number of nitrogens with zero attached hydrogens (tertiary/aromatic N) is 2. The second-order valence-corrected chi connectivity index (χ2v) is 6.85. The Labute approximate surface area is 158 Å². The van der Waals surface area contributed by atoms with Gasteiger partial charge in [0.05, 0.1) is 6.54 Å². The van der Waals surface area contributed by atoms with Crippen molar-refractivity contribution in [3.8, 4) is 0 Å². The molecular formula is C21H22N4O2. The average molecular weight is 362 g/mol. The van der Waals surface area contributed by atoms with Gasteiger partial charge in [0.1, 0.15) is 0 Å². The van der Waals surface area contributed by atoms with Crippen molar-refractivity contribution < 1.29 is 9.32 Å². The lowest BCUT2D eigenvalue weighted by molar-refractivity contribution is -0.119. The van der Waals surface area contributed by atoms with Gasteiger partial charge in [0.2, 0.25) is 11.8 Å². The van der Waals surface area contributed by atoms with Crippen LogP contribution in [0.1, 0.15) is 40.7 Å². The van der Waals surface area contributed by atoms with E-state index in [-0.39, 0.29) is 11.8 Å². The molecule has 1 saturated heterocycles. The highest BCUT2D eigenvalue weighted by Gasteiger charge is 2.24. The minimum atomic E-state index is 0.104. The van der Waals surface area contributed by atoms with Crippen LogP contribution < -0.4 is 10.6 Å². The van der Waals surface area contributed by atoms with Crippen molar-refractivity contribution in [1.29, 1.82) is 0 Å². The van der Waals surface area contributed by atoms with Crippen molar-refractivity contribution in [3.05, 3.63) is 76.9 Å². The fraction of sp³-hybridized carbons (Fsp3) is 0.286. The standard InChI is InChI=1S/C21H22N4O2/c1-14-6-2-3-7-15(14)10-19-24-21(27-25-19)13-22-18-9-5-4-8-17(18)16-11-20(26)23-12-16/h2-9,16,22H,10-13H2,1H3,(H,23,26). The zero-order chi connectivity index (χ0) is 18.6. The van der Waals surface area contributed by atoms with Gasteiger partial charge in [-0.1, -0.05) is 47.6 Å². The first-order chi connectivity index (χ1) is 13.2. The van der Waals surface area contributed by atoms with Gasteiger partial charge in [-0.15, -0.1) is 0 Å². The molecule has 6 heteroatoms. The Morgan fingerprint density at radius 1 is 1.19 bits per heavy atom. The highest BCUT2D eigenvalue weighted by molar-refractivity contribution is 5.80. The molecule has 1 amide bonds. The molecule has 4 rings (SSSR count). The van der Waals surface area contributed by atoms with Crippen LogP contribution in [0, 0.1) is 6.92 Å². The summed E-state index contributed by atoms with van der Waals surface area (Å²) in [7, 11) is 0. The Morgan fingerprint density at radius 2 is 2.00 bits per heavy atom. The number of carbonyl (C=O) groups excluding carboxylic acids is 1. The van der Waals surface area contributed by atoms with Gasteiger partial charge in [-0.3, -0.25) is 4.79 Å². The Morgan fingerprint density at radius 3 is 2.81 bits per heavy atom. The molecule has 3 aromatic rings. The molecule has 1 fully saturated rings. The number of benzene rings is 2. The summed E-state index contributed by atoms with van der Waals surface area (Å²) >= 11 is 0. The molecule has 2 N–H and O–H groups in total. The lowest BCUT2D eigenvalue weighted by atomic mass is 9.96. The Kier molecular flexibility index (Phi) is 4.87. The van der Waals surface area contributed by atoms with E-state index in [0.717, 1.165) is 11.3 Å². The molecule has 0 radical (unpaired) electrons. The number of para-hydroxylation sites is 1. The van der Waals surface area contributed by atoms with Gasteiger partial charge in [0.15, 0.2) is 5.82 Å². The number of nitrogens with one attached hydrogen (secondary N) is 2. The lowest BCUT2D eigenvalue weighted by Crippen LogP contribution is -2.14. The number of rotatable bonds is 6. The van der Waals surface area contributed by atoms with Crippen molar-refractivity contribution in [2.24, 2.45) is 0 Å². The number of amides is 1. The molecule has 0 saturated carbocycles. The summed E-state index contributed by atoms with van der Waals surface area (Å²) in [5.41, 5.74) is 4.55. The first-order valence-corrected chi connectivity index (χ1v) is 9.14. The Bertz CT molecular complexity index is 951. The average Bonchev–Trinajstić information content (AvgIpc) is 3.31. The molecule has 1 unspecified atom stereocenters. The van der Waals surface area contributed by atoms with Crippen molar-refractivity contribution in [2.45, 2.75) is 32.2 Å². The van der Waals surface area contributed by atoms with Crippen molar-refractivity contribution in [2.75, 3.05) is 11.9 Å². The van der Waals surface area contributed by atoms with Gasteiger partial charge in [-0.2, -0.15) is 4.98 Å². The minimum absolute atomic E-state index is 0.104.